The first kappa shape index (κ1) is 15.9. The Labute approximate surface area is 143 Å². The maximum absolute atomic E-state index is 12.7. The fraction of sp³-hybridized carbons (Fsp3) is 0.118. The SMILES string of the molecule is COc1ccc(OC)c(NC(=O)c2snnc2-c2ccccc2)c1. The first-order valence-electron chi connectivity index (χ1n) is 7.14. The van der Waals surface area contributed by atoms with Crippen LogP contribution in [0.3, 0.4) is 0 Å². The summed E-state index contributed by atoms with van der Waals surface area (Å²) in [7, 11) is 3.11. The normalized spacial score (nSPS) is 10.2. The third-order valence-electron chi connectivity index (χ3n) is 3.40. The zero-order chi connectivity index (χ0) is 16.9. The fourth-order valence-corrected chi connectivity index (χ4v) is 2.80. The third-order valence-corrected chi connectivity index (χ3v) is 4.12. The summed E-state index contributed by atoms with van der Waals surface area (Å²) >= 11 is 1.05. The topological polar surface area (TPSA) is 73.3 Å². The molecule has 0 saturated carbocycles. The highest BCUT2D eigenvalue weighted by atomic mass is 32.1. The number of hydrogen-bond donors (Lipinski definition) is 1. The average molecular weight is 341 g/mol. The second-order valence-electron chi connectivity index (χ2n) is 4.84. The van der Waals surface area contributed by atoms with Crippen LogP contribution < -0.4 is 14.8 Å². The van der Waals surface area contributed by atoms with Crippen molar-refractivity contribution in [1.82, 2.24) is 9.59 Å². The third kappa shape index (κ3) is 3.21. The van der Waals surface area contributed by atoms with E-state index in [9.17, 15) is 4.79 Å². The van der Waals surface area contributed by atoms with E-state index in [1.807, 2.05) is 30.3 Å². The fourth-order valence-electron chi connectivity index (χ4n) is 2.22. The summed E-state index contributed by atoms with van der Waals surface area (Å²) in [6.07, 6.45) is 0. The molecule has 0 radical (unpaired) electrons. The zero-order valence-electron chi connectivity index (χ0n) is 13.1. The lowest BCUT2D eigenvalue weighted by molar-refractivity contribution is 0.103. The lowest BCUT2D eigenvalue weighted by Gasteiger charge is -2.11. The molecule has 7 heteroatoms. The van der Waals surface area contributed by atoms with E-state index in [-0.39, 0.29) is 5.91 Å². The molecule has 2 aromatic carbocycles. The molecular formula is C17H15N3O3S. The van der Waals surface area contributed by atoms with E-state index >= 15 is 0 Å². The van der Waals surface area contributed by atoms with E-state index in [2.05, 4.69) is 14.9 Å². The highest BCUT2D eigenvalue weighted by Gasteiger charge is 2.19. The molecule has 1 heterocycles. The number of anilines is 1. The van der Waals surface area contributed by atoms with Crippen molar-refractivity contribution >= 4 is 23.1 Å². The molecule has 0 saturated heterocycles. The molecule has 6 nitrogen and oxygen atoms in total. The lowest BCUT2D eigenvalue weighted by Crippen LogP contribution is -2.12. The molecule has 0 unspecified atom stereocenters. The second kappa shape index (κ2) is 7.10. The van der Waals surface area contributed by atoms with Gasteiger partial charge in [-0.25, -0.2) is 0 Å². The number of rotatable bonds is 5. The molecule has 0 fully saturated rings. The predicted octanol–water partition coefficient (Wildman–Crippen LogP) is 3.47. The van der Waals surface area contributed by atoms with Gasteiger partial charge in [-0.2, -0.15) is 0 Å². The Hall–Kier alpha value is -2.93. The minimum atomic E-state index is -0.296. The van der Waals surface area contributed by atoms with Gasteiger partial charge in [0.15, 0.2) is 0 Å². The van der Waals surface area contributed by atoms with Crippen molar-refractivity contribution in [3.8, 4) is 22.8 Å². The summed E-state index contributed by atoms with van der Waals surface area (Å²) in [6.45, 7) is 0. The largest absolute Gasteiger partial charge is 0.497 e. The number of nitrogens with one attached hydrogen (secondary N) is 1. The van der Waals surface area contributed by atoms with E-state index in [0.717, 1.165) is 17.1 Å². The van der Waals surface area contributed by atoms with Crippen LogP contribution in [0.25, 0.3) is 11.3 Å². The molecular weight excluding hydrogens is 326 g/mol. The van der Waals surface area contributed by atoms with Crippen molar-refractivity contribution in [3.63, 3.8) is 0 Å². The Bertz CT molecular complexity index is 849. The van der Waals surface area contributed by atoms with Crippen molar-refractivity contribution in [2.75, 3.05) is 19.5 Å². The number of amides is 1. The van der Waals surface area contributed by atoms with Crippen LogP contribution in [-0.2, 0) is 0 Å². The monoisotopic (exact) mass is 341 g/mol. The van der Waals surface area contributed by atoms with E-state index < -0.39 is 0 Å². The lowest BCUT2D eigenvalue weighted by atomic mass is 10.1. The molecule has 3 aromatic rings. The van der Waals surface area contributed by atoms with Crippen LogP contribution in [0.1, 0.15) is 9.67 Å². The first-order valence-corrected chi connectivity index (χ1v) is 7.91. The number of ether oxygens (including phenoxy) is 2. The van der Waals surface area contributed by atoms with Gasteiger partial charge in [0.05, 0.1) is 19.9 Å². The number of hydrogen-bond acceptors (Lipinski definition) is 6. The van der Waals surface area contributed by atoms with Gasteiger partial charge in [-0.1, -0.05) is 34.8 Å². The molecule has 0 aliphatic rings. The minimum Gasteiger partial charge on any atom is -0.497 e. The maximum atomic E-state index is 12.7. The van der Waals surface area contributed by atoms with Gasteiger partial charge in [-0.3, -0.25) is 4.79 Å². The van der Waals surface area contributed by atoms with Crippen LogP contribution >= 0.6 is 11.5 Å². The van der Waals surface area contributed by atoms with Crippen LogP contribution in [0.5, 0.6) is 11.5 Å². The van der Waals surface area contributed by atoms with Crippen molar-refractivity contribution in [2.24, 2.45) is 0 Å². The summed E-state index contributed by atoms with van der Waals surface area (Å²) in [4.78, 5) is 13.1. The number of nitrogens with zero attached hydrogens (tertiary/aromatic N) is 2. The molecule has 0 aliphatic heterocycles. The summed E-state index contributed by atoms with van der Waals surface area (Å²) in [5.41, 5.74) is 1.92. The Morgan fingerprint density at radius 2 is 1.88 bits per heavy atom. The number of benzene rings is 2. The van der Waals surface area contributed by atoms with Crippen LogP contribution in [0.2, 0.25) is 0 Å². The Morgan fingerprint density at radius 1 is 1.08 bits per heavy atom. The van der Waals surface area contributed by atoms with E-state index in [4.69, 9.17) is 9.47 Å². The molecule has 1 N–H and O–H groups in total. The Morgan fingerprint density at radius 3 is 2.58 bits per heavy atom. The molecule has 0 bridgehead atoms. The number of carbonyl (C=O) groups excluding carboxylic acids is 1. The van der Waals surface area contributed by atoms with Crippen molar-refractivity contribution in [3.05, 3.63) is 53.4 Å². The van der Waals surface area contributed by atoms with Crippen molar-refractivity contribution < 1.29 is 14.3 Å². The van der Waals surface area contributed by atoms with Gasteiger partial charge in [0, 0.05) is 11.6 Å². The van der Waals surface area contributed by atoms with Gasteiger partial charge >= 0.3 is 0 Å². The van der Waals surface area contributed by atoms with E-state index in [1.54, 1.807) is 32.4 Å². The minimum absolute atomic E-state index is 0.296. The number of aromatic nitrogens is 2. The maximum Gasteiger partial charge on any atom is 0.269 e. The van der Waals surface area contributed by atoms with Gasteiger partial charge < -0.3 is 14.8 Å². The van der Waals surface area contributed by atoms with Crippen LogP contribution in [0.15, 0.2) is 48.5 Å². The molecule has 1 aromatic heterocycles. The van der Waals surface area contributed by atoms with Crippen LogP contribution in [0.4, 0.5) is 5.69 Å². The van der Waals surface area contributed by atoms with Crippen molar-refractivity contribution in [2.45, 2.75) is 0 Å². The Balaban J connectivity index is 1.91. The van der Waals surface area contributed by atoms with Crippen LogP contribution in [0, 0.1) is 0 Å². The molecule has 122 valence electrons. The second-order valence-corrected chi connectivity index (χ2v) is 5.59. The standard InChI is InChI=1S/C17H15N3O3S/c1-22-12-8-9-14(23-2)13(10-12)18-17(21)16-15(19-20-24-16)11-6-4-3-5-7-11/h3-10H,1-2H3,(H,18,21). The molecule has 0 spiro atoms. The Kier molecular flexibility index (Phi) is 4.72. The van der Waals surface area contributed by atoms with Gasteiger partial charge in [-0.15, -0.1) is 5.10 Å². The number of methoxy groups -OCH3 is 2. The molecule has 24 heavy (non-hydrogen) atoms. The van der Waals surface area contributed by atoms with Gasteiger partial charge in [0.25, 0.3) is 5.91 Å². The van der Waals surface area contributed by atoms with Gasteiger partial charge in [0.1, 0.15) is 22.1 Å². The van der Waals surface area contributed by atoms with Gasteiger partial charge in [-0.05, 0) is 23.7 Å². The van der Waals surface area contributed by atoms with Crippen molar-refractivity contribution in [1.29, 1.82) is 0 Å². The van der Waals surface area contributed by atoms with E-state index in [0.29, 0.717) is 27.8 Å². The summed E-state index contributed by atoms with van der Waals surface area (Å²) in [5, 5.41) is 6.91. The first-order chi connectivity index (χ1) is 11.7. The highest BCUT2D eigenvalue weighted by Crippen LogP contribution is 2.31. The molecule has 0 atom stereocenters. The zero-order valence-corrected chi connectivity index (χ0v) is 14.0. The molecule has 1 amide bonds. The summed E-state index contributed by atoms with van der Waals surface area (Å²) in [5.74, 6) is 0.870. The van der Waals surface area contributed by atoms with Gasteiger partial charge in [0.2, 0.25) is 0 Å². The molecule has 3 rings (SSSR count). The molecule has 0 aliphatic carbocycles. The average Bonchev–Trinajstić information content (AvgIpc) is 3.12. The smallest absolute Gasteiger partial charge is 0.269 e. The highest BCUT2D eigenvalue weighted by molar-refractivity contribution is 7.08. The van der Waals surface area contributed by atoms with E-state index in [1.165, 1.54) is 0 Å². The van der Waals surface area contributed by atoms with Crippen LogP contribution in [-0.4, -0.2) is 29.7 Å². The summed E-state index contributed by atoms with van der Waals surface area (Å²) < 4.78 is 14.4. The predicted molar refractivity (Wildman–Crippen MR) is 92.8 cm³/mol. The summed E-state index contributed by atoms with van der Waals surface area (Å²) in [6, 6.07) is 14.7. The quantitative estimate of drug-likeness (QED) is 0.769. The number of carbonyl (C=O) groups is 1.